The quantitative estimate of drug-likeness (QED) is 0.816. The van der Waals surface area contributed by atoms with Gasteiger partial charge in [0.1, 0.15) is 5.76 Å². The van der Waals surface area contributed by atoms with Crippen molar-refractivity contribution in [3.8, 4) is 0 Å². The molecule has 0 unspecified atom stereocenters. The van der Waals surface area contributed by atoms with Crippen LogP contribution in [0.4, 0.5) is 0 Å². The molecule has 0 saturated heterocycles. The smallest absolute Gasteiger partial charge is 0.122 e. The van der Waals surface area contributed by atoms with Crippen LogP contribution in [0.15, 0.2) is 16.7 Å². The van der Waals surface area contributed by atoms with E-state index in [-0.39, 0.29) is 0 Å². The molecule has 1 aliphatic rings. The monoisotopic (exact) mass is 264 g/mol. The molecule has 1 saturated carbocycles. The summed E-state index contributed by atoms with van der Waals surface area (Å²) < 4.78 is 5.70. The van der Waals surface area contributed by atoms with Crippen LogP contribution >= 0.6 is 0 Å². The average Bonchev–Trinajstić information content (AvgIpc) is 2.90. The molecule has 3 nitrogen and oxygen atoms in total. The molecule has 1 N–H and O–H groups in total. The standard InChI is InChI=1S/C16H28N2O/c1-3-17-12-14-10-11-19-16(14)13-18(4-2)15-8-6-5-7-9-15/h10-11,15,17H,3-9,12-13H2,1-2H3. The summed E-state index contributed by atoms with van der Waals surface area (Å²) in [5.41, 5.74) is 1.32. The molecular weight excluding hydrogens is 236 g/mol. The second-order valence-electron chi connectivity index (χ2n) is 5.50. The highest BCUT2D eigenvalue weighted by Crippen LogP contribution is 2.24. The number of furan rings is 1. The van der Waals surface area contributed by atoms with Gasteiger partial charge in [0.2, 0.25) is 0 Å². The molecule has 1 fully saturated rings. The Morgan fingerprint density at radius 3 is 2.74 bits per heavy atom. The van der Waals surface area contributed by atoms with Gasteiger partial charge in [-0.15, -0.1) is 0 Å². The van der Waals surface area contributed by atoms with Crippen molar-refractivity contribution in [2.75, 3.05) is 13.1 Å². The summed E-state index contributed by atoms with van der Waals surface area (Å²) in [4.78, 5) is 2.59. The fraction of sp³-hybridized carbons (Fsp3) is 0.750. The molecule has 2 rings (SSSR count). The van der Waals surface area contributed by atoms with E-state index in [4.69, 9.17) is 4.42 Å². The molecule has 1 aromatic rings. The zero-order valence-electron chi connectivity index (χ0n) is 12.5. The molecule has 1 heterocycles. The lowest BCUT2D eigenvalue weighted by molar-refractivity contribution is 0.145. The first-order valence-corrected chi connectivity index (χ1v) is 7.85. The molecule has 0 amide bonds. The van der Waals surface area contributed by atoms with Crippen molar-refractivity contribution in [2.24, 2.45) is 0 Å². The first-order valence-electron chi connectivity index (χ1n) is 7.85. The molecule has 19 heavy (non-hydrogen) atoms. The Bertz CT molecular complexity index is 355. The van der Waals surface area contributed by atoms with Gasteiger partial charge in [0.25, 0.3) is 0 Å². The van der Waals surface area contributed by atoms with Gasteiger partial charge in [0.05, 0.1) is 12.8 Å². The maximum absolute atomic E-state index is 5.70. The molecule has 108 valence electrons. The van der Waals surface area contributed by atoms with Gasteiger partial charge in [-0.3, -0.25) is 4.90 Å². The summed E-state index contributed by atoms with van der Waals surface area (Å²) >= 11 is 0. The van der Waals surface area contributed by atoms with E-state index in [0.717, 1.165) is 38.0 Å². The summed E-state index contributed by atoms with van der Waals surface area (Å²) in [6.45, 7) is 8.41. The molecule has 1 aliphatic carbocycles. The number of nitrogens with zero attached hydrogens (tertiary/aromatic N) is 1. The van der Waals surface area contributed by atoms with Gasteiger partial charge < -0.3 is 9.73 Å². The summed E-state index contributed by atoms with van der Waals surface area (Å²) in [5, 5.41) is 3.38. The van der Waals surface area contributed by atoms with Crippen molar-refractivity contribution in [3.05, 3.63) is 23.7 Å². The molecule has 1 aromatic heterocycles. The van der Waals surface area contributed by atoms with Crippen LogP contribution < -0.4 is 5.32 Å². The van der Waals surface area contributed by atoms with Crippen molar-refractivity contribution in [2.45, 2.75) is 65.1 Å². The lowest BCUT2D eigenvalue weighted by Gasteiger charge is -2.33. The van der Waals surface area contributed by atoms with Gasteiger partial charge >= 0.3 is 0 Å². The van der Waals surface area contributed by atoms with E-state index in [0.29, 0.717) is 0 Å². The van der Waals surface area contributed by atoms with Gasteiger partial charge in [0.15, 0.2) is 0 Å². The Labute approximate surface area is 117 Å². The van der Waals surface area contributed by atoms with Crippen LogP contribution in [-0.2, 0) is 13.1 Å². The van der Waals surface area contributed by atoms with Crippen LogP contribution in [0.25, 0.3) is 0 Å². The Kier molecular flexibility index (Phi) is 5.93. The van der Waals surface area contributed by atoms with Gasteiger partial charge in [-0.1, -0.05) is 33.1 Å². The van der Waals surface area contributed by atoms with Crippen LogP contribution in [0.3, 0.4) is 0 Å². The minimum Gasteiger partial charge on any atom is -0.468 e. The van der Waals surface area contributed by atoms with Gasteiger partial charge in [-0.05, 0) is 32.0 Å². The third-order valence-electron chi connectivity index (χ3n) is 4.25. The van der Waals surface area contributed by atoms with Crippen LogP contribution in [0.2, 0.25) is 0 Å². The predicted octanol–water partition coefficient (Wildman–Crippen LogP) is 3.54. The second-order valence-corrected chi connectivity index (χ2v) is 5.50. The Morgan fingerprint density at radius 2 is 2.05 bits per heavy atom. The van der Waals surface area contributed by atoms with Gasteiger partial charge in [0, 0.05) is 18.2 Å². The van der Waals surface area contributed by atoms with Crippen molar-refractivity contribution in [1.29, 1.82) is 0 Å². The van der Waals surface area contributed by atoms with E-state index in [1.807, 2.05) is 6.26 Å². The zero-order valence-corrected chi connectivity index (χ0v) is 12.5. The highest BCUT2D eigenvalue weighted by molar-refractivity contribution is 5.17. The minimum absolute atomic E-state index is 0.760. The van der Waals surface area contributed by atoms with Crippen molar-refractivity contribution in [3.63, 3.8) is 0 Å². The second kappa shape index (κ2) is 7.71. The Morgan fingerprint density at radius 1 is 1.26 bits per heavy atom. The van der Waals surface area contributed by atoms with Crippen LogP contribution in [0.1, 0.15) is 57.3 Å². The molecule has 0 radical (unpaired) electrons. The highest BCUT2D eigenvalue weighted by Gasteiger charge is 2.21. The van der Waals surface area contributed by atoms with E-state index in [9.17, 15) is 0 Å². The summed E-state index contributed by atoms with van der Waals surface area (Å²) in [7, 11) is 0. The fourth-order valence-electron chi connectivity index (χ4n) is 3.05. The van der Waals surface area contributed by atoms with Gasteiger partial charge in [-0.2, -0.15) is 0 Å². The number of rotatable bonds is 7. The topological polar surface area (TPSA) is 28.4 Å². The average molecular weight is 264 g/mol. The molecular formula is C16H28N2O. The Balaban J connectivity index is 1.95. The molecule has 0 bridgehead atoms. The van der Waals surface area contributed by atoms with Gasteiger partial charge in [-0.25, -0.2) is 0 Å². The van der Waals surface area contributed by atoms with Crippen molar-refractivity contribution in [1.82, 2.24) is 10.2 Å². The predicted molar refractivity (Wildman–Crippen MR) is 79.0 cm³/mol. The van der Waals surface area contributed by atoms with E-state index in [2.05, 4.69) is 30.1 Å². The van der Waals surface area contributed by atoms with Crippen LogP contribution in [0.5, 0.6) is 0 Å². The summed E-state index contributed by atoms with van der Waals surface area (Å²) in [5.74, 6) is 1.15. The third-order valence-corrected chi connectivity index (χ3v) is 4.25. The highest BCUT2D eigenvalue weighted by atomic mass is 16.3. The van der Waals surface area contributed by atoms with Crippen LogP contribution in [-0.4, -0.2) is 24.0 Å². The van der Waals surface area contributed by atoms with Crippen molar-refractivity contribution < 1.29 is 4.42 Å². The largest absolute Gasteiger partial charge is 0.468 e. The maximum atomic E-state index is 5.70. The summed E-state index contributed by atoms with van der Waals surface area (Å²) in [6.07, 6.45) is 8.75. The van der Waals surface area contributed by atoms with Crippen LogP contribution in [0, 0.1) is 0 Å². The van der Waals surface area contributed by atoms with E-state index >= 15 is 0 Å². The first-order chi connectivity index (χ1) is 9.35. The normalized spacial score (nSPS) is 17.2. The lowest BCUT2D eigenvalue weighted by Crippen LogP contribution is -2.36. The third kappa shape index (κ3) is 4.08. The SMILES string of the molecule is CCNCc1ccoc1CN(CC)C1CCCCC1. The number of hydrogen-bond donors (Lipinski definition) is 1. The number of hydrogen-bond acceptors (Lipinski definition) is 3. The van der Waals surface area contributed by atoms with E-state index in [1.165, 1.54) is 37.7 Å². The summed E-state index contributed by atoms with van der Waals surface area (Å²) in [6, 6.07) is 2.86. The zero-order chi connectivity index (χ0) is 13.5. The molecule has 0 spiro atoms. The van der Waals surface area contributed by atoms with Crippen molar-refractivity contribution >= 4 is 0 Å². The molecule has 3 heteroatoms. The van der Waals surface area contributed by atoms with E-state index < -0.39 is 0 Å². The molecule has 0 atom stereocenters. The number of nitrogens with one attached hydrogen (secondary N) is 1. The minimum atomic E-state index is 0.760. The van der Waals surface area contributed by atoms with E-state index in [1.54, 1.807) is 0 Å². The first kappa shape index (κ1) is 14.6. The lowest BCUT2D eigenvalue weighted by atomic mass is 9.94. The fourth-order valence-corrected chi connectivity index (χ4v) is 3.05. The Hall–Kier alpha value is -0.800. The molecule has 0 aliphatic heterocycles. The molecule has 0 aromatic carbocycles. The maximum Gasteiger partial charge on any atom is 0.122 e.